The molecule has 2 heterocycles. The molecule has 0 saturated heterocycles. The normalized spacial score (nSPS) is 11.5. The second-order valence-corrected chi connectivity index (χ2v) is 7.27. The van der Waals surface area contributed by atoms with Gasteiger partial charge in [0, 0.05) is 30.6 Å². The second-order valence-electron chi connectivity index (χ2n) is 5.95. The van der Waals surface area contributed by atoms with Crippen LogP contribution < -0.4 is 10.6 Å². The number of thiazole rings is 1. The largest absolute Gasteiger partial charge is 0.469 e. The molecule has 3 aromatic rings. The molecule has 0 bridgehead atoms. The van der Waals surface area contributed by atoms with E-state index in [-0.39, 0.29) is 0 Å². The van der Waals surface area contributed by atoms with Crippen molar-refractivity contribution in [3.05, 3.63) is 76.1 Å². The molecular formula is C20H24N4OS. The lowest BCUT2D eigenvalue weighted by atomic mass is 10.1. The second kappa shape index (κ2) is 9.77. The van der Waals surface area contributed by atoms with Gasteiger partial charge in [0.05, 0.1) is 12.8 Å². The summed E-state index contributed by atoms with van der Waals surface area (Å²) in [6.07, 6.45) is 5.37. The highest BCUT2D eigenvalue weighted by Gasteiger charge is 2.03. The van der Waals surface area contributed by atoms with E-state index in [2.05, 4.69) is 51.8 Å². The van der Waals surface area contributed by atoms with Crippen LogP contribution in [0.1, 0.15) is 21.2 Å². The van der Waals surface area contributed by atoms with Crippen molar-refractivity contribution in [2.45, 2.75) is 26.3 Å². The Bertz CT molecular complexity index is 796. The average molecular weight is 369 g/mol. The summed E-state index contributed by atoms with van der Waals surface area (Å²) in [7, 11) is 0. The van der Waals surface area contributed by atoms with Gasteiger partial charge in [-0.2, -0.15) is 0 Å². The molecule has 6 heteroatoms. The lowest BCUT2D eigenvalue weighted by Gasteiger charge is -2.12. The molecule has 136 valence electrons. The summed E-state index contributed by atoms with van der Waals surface area (Å²) in [5.41, 5.74) is 1.31. The Kier molecular flexibility index (Phi) is 6.84. The number of hydrogen-bond donors (Lipinski definition) is 2. The first kappa shape index (κ1) is 18.2. The van der Waals surface area contributed by atoms with Gasteiger partial charge in [-0.25, -0.2) is 9.98 Å². The molecule has 2 aromatic heterocycles. The van der Waals surface area contributed by atoms with Crippen LogP contribution in [-0.2, 0) is 19.4 Å². The van der Waals surface area contributed by atoms with Gasteiger partial charge in [0.2, 0.25) is 0 Å². The number of benzene rings is 1. The Labute approximate surface area is 158 Å². The van der Waals surface area contributed by atoms with Gasteiger partial charge in [-0.05, 0) is 31.0 Å². The third-order valence-electron chi connectivity index (χ3n) is 3.83. The van der Waals surface area contributed by atoms with Crippen LogP contribution in [0.15, 0.2) is 64.3 Å². The molecular weight excluding hydrogens is 344 g/mol. The van der Waals surface area contributed by atoms with Crippen molar-refractivity contribution in [2.24, 2.45) is 4.99 Å². The van der Waals surface area contributed by atoms with Crippen LogP contribution in [-0.4, -0.2) is 24.0 Å². The van der Waals surface area contributed by atoms with Crippen LogP contribution in [0, 0.1) is 6.92 Å². The number of aryl methyl sites for hydroxylation is 1. The first-order valence-corrected chi connectivity index (χ1v) is 9.61. The maximum absolute atomic E-state index is 5.38. The zero-order valence-corrected chi connectivity index (χ0v) is 15.8. The van der Waals surface area contributed by atoms with Gasteiger partial charge in [-0.15, -0.1) is 11.3 Å². The fourth-order valence-corrected chi connectivity index (χ4v) is 3.24. The van der Waals surface area contributed by atoms with Gasteiger partial charge in [-0.1, -0.05) is 30.3 Å². The van der Waals surface area contributed by atoms with Crippen molar-refractivity contribution in [1.82, 2.24) is 15.6 Å². The summed E-state index contributed by atoms with van der Waals surface area (Å²) in [4.78, 5) is 10.3. The zero-order valence-electron chi connectivity index (χ0n) is 14.9. The van der Waals surface area contributed by atoms with Crippen LogP contribution in [0.3, 0.4) is 0 Å². The topological polar surface area (TPSA) is 62.5 Å². The van der Waals surface area contributed by atoms with Crippen LogP contribution in [0.2, 0.25) is 0 Å². The van der Waals surface area contributed by atoms with Gasteiger partial charge in [-0.3, -0.25) is 0 Å². The van der Waals surface area contributed by atoms with Crippen LogP contribution in [0.25, 0.3) is 0 Å². The molecule has 2 N–H and O–H groups in total. The van der Waals surface area contributed by atoms with E-state index in [0.717, 1.165) is 42.7 Å². The third kappa shape index (κ3) is 6.04. The zero-order chi connectivity index (χ0) is 18.0. The molecule has 26 heavy (non-hydrogen) atoms. The highest BCUT2D eigenvalue weighted by Crippen LogP contribution is 2.11. The van der Waals surface area contributed by atoms with Crippen molar-refractivity contribution >= 4 is 17.3 Å². The molecule has 0 unspecified atom stereocenters. The molecule has 0 aliphatic rings. The maximum Gasteiger partial charge on any atom is 0.191 e. The summed E-state index contributed by atoms with van der Waals surface area (Å²) in [6, 6.07) is 14.3. The quantitative estimate of drug-likeness (QED) is 0.471. The summed E-state index contributed by atoms with van der Waals surface area (Å²) in [5.74, 6) is 1.78. The molecule has 0 radical (unpaired) electrons. The molecule has 0 aliphatic carbocycles. The number of guanidine groups is 1. The van der Waals surface area contributed by atoms with Crippen molar-refractivity contribution in [2.75, 3.05) is 13.1 Å². The first-order valence-electron chi connectivity index (χ1n) is 8.79. The number of nitrogens with one attached hydrogen (secondary N) is 2. The standard InChI is InChI=1S/C20H24N4OS/c1-16-14-23-19(26-16)15-24-20(22-12-10-18-8-5-13-25-18)21-11-9-17-6-3-2-4-7-17/h2-8,13-14H,9-12,15H2,1H3,(H2,21,22,24). The highest BCUT2D eigenvalue weighted by molar-refractivity contribution is 7.11. The Balaban J connectivity index is 1.52. The van der Waals surface area contributed by atoms with Gasteiger partial charge in [0.15, 0.2) is 5.96 Å². The summed E-state index contributed by atoms with van der Waals surface area (Å²) in [6.45, 7) is 4.24. The fourth-order valence-electron chi connectivity index (χ4n) is 2.52. The molecule has 0 spiro atoms. The number of nitrogens with zero attached hydrogens (tertiary/aromatic N) is 2. The number of rotatable bonds is 8. The van der Waals surface area contributed by atoms with E-state index in [4.69, 9.17) is 4.42 Å². The van der Waals surface area contributed by atoms with E-state index >= 15 is 0 Å². The molecule has 5 nitrogen and oxygen atoms in total. The van der Waals surface area contributed by atoms with Crippen molar-refractivity contribution in [3.63, 3.8) is 0 Å². The van der Waals surface area contributed by atoms with E-state index in [1.165, 1.54) is 10.4 Å². The fraction of sp³-hybridized carbons (Fsp3) is 0.300. The third-order valence-corrected chi connectivity index (χ3v) is 4.73. The van der Waals surface area contributed by atoms with Crippen LogP contribution in [0.5, 0.6) is 0 Å². The Morgan fingerprint density at radius 2 is 1.88 bits per heavy atom. The molecule has 0 aliphatic heterocycles. The van der Waals surface area contributed by atoms with Gasteiger partial charge in [0.1, 0.15) is 10.8 Å². The first-order chi connectivity index (χ1) is 12.8. The maximum atomic E-state index is 5.38. The van der Waals surface area contributed by atoms with E-state index in [1.54, 1.807) is 17.6 Å². The minimum atomic E-state index is 0.583. The number of aromatic nitrogens is 1. The van der Waals surface area contributed by atoms with E-state index in [0.29, 0.717) is 6.54 Å². The minimum Gasteiger partial charge on any atom is -0.469 e. The number of furan rings is 1. The van der Waals surface area contributed by atoms with Crippen molar-refractivity contribution < 1.29 is 4.42 Å². The number of aliphatic imine (C=N–C) groups is 1. The van der Waals surface area contributed by atoms with E-state index in [1.807, 2.05) is 24.4 Å². The number of hydrogen-bond acceptors (Lipinski definition) is 4. The van der Waals surface area contributed by atoms with Gasteiger partial charge in [0.25, 0.3) is 0 Å². The average Bonchev–Trinajstić information content (AvgIpc) is 3.32. The lowest BCUT2D eigenvalue weighted by molar-refractivity contribution is 0.506. The summed E-state index contributed by atoms with van der Waals surface area (Å²) in [5, 5.41) is 7.81. The van der Waals surface area contributed by atoms with Crippen molar-refractivity contribution in [3.8, 4) is 0 Å². The Morgan fingerprint density at radius 1 is 1.08 bits per heavy atom. The van der Waals surface area contributed by atoms with Crippen LogP contribution in [0.4, 0.5) is 0 Å². The summed E-state index contributed by atoms with van der Waals surface area (Å²) >= 11 is 1.68. The SMILES string of the molecule is Cc1cnc(CN=C(NCCc2ccccc2)NCCc2ccco2)s1. The Hall–Kier alpha value is -2.60. The predicted molar refractivity (Wildman–Crippen MR) is 107 cm³/mol. The van der Waals surface area contributed by atoms with E-state index in [9.17, 15) is 0 Å². The molecule has 0 amide bonds. The molecule has 1 aromatic carbocycles. The molecule has 0 saturated carbocycles. The molecule has 0 atom stereocenters. The lowest BCUT2D eigenvalue weighted by Crippen LogP contribution is -2.39. The van der Waals surface area contributed by atoms with Gasteiger partial charge >= 0.3 is 0 Å². The highest BCUT2D eigenvalue weighted by atomic mass is 32.1. The molecule has 0 fully saturated rings. The molecule has 3 rings (SSSR count). The predicted octanol–water partition coefficient (Wildman–Crippen LogP) is 3.57. The van der Waals surface area contributed by atoms with Crippen LogP contribution >= 0.6 is 11.3 Å². The smallest absolute Gasteiger partial charge is 0.191 e. The monoisotopic (exact) mass is 368 g/mol. The Morgan fingerprint density at radius 3 is 2.58 bits per heavy atom. The van der Waals surface area contributed by atoms with Gasteiger partial charge < -0.3 is 15.1 Å². The van der Waals surface area contributed by atoms with Crippen molar-refractivity contribution in [1.29, 1.82) is 0 Å². The van der Waals surface area contributed by atoms with E-state index < -0.39 is 0 Å². The summed E-state index contributed by atoms with van der Waals surface area (Å²) < 4.78 is 5.38. The minimum absolute atomic E-state index is 0.583.